The lowest BCUT2D eigenvalue weighted by atomic mass is 9.81. The molecule has 0 unspecified atom stereocenters. The van der Waals surface area contributed by atoms with Gasteiger partial charge in [-0.15, -0.1) is 0 Å². The van der Waals surface area contributed by atoms with Gasteiger partial charge in [-0.3, -0.25) is 10.1 Å². The van der Waals surface area contributed by atoms with Crippen molar-refractivity contribution in [2.75, 3.05) is 5.32 Å². The molecule has 1 aliphatic rings. The van der Waals surface area contributed by atoms with Crippen LogP contribution in [0, 0.1) is 17.0 Å². The van der Waals surface area contributed by atoms with E-state index in [9.17, 15) is 20.0 Å². The summed E-state index contributed by atoms with van der Waals surface area (Å²) in [5.41, 5.74) is -0.665. The Labute approximate surface area is 116 Å². The van der Waals surface area contributed by atoms with Crippen LogP contribution in [0.4, 0.5) is 11.5 Å². The number of anilines is 1. The number of aryl methyl sites for hydroxylation is 1. The molecule has 20 heavy (non-hydrogen) atoms. The molecule has 1 aliphatic carbocycles. The normalized spacial score (nSPS) is 17.4. The number of nitro groups is 1. The molecule has 108 valence electrons. The number of carbonyl (C=O) groups is 1. The van der Waals surface area contributed by atoms with E-state index in [-0.39, 0.29) is 11.5 Å². The molecule has 1 aromatic rings. The summed E-state index contributed by atoms with van der Waals surface area (Å²) in [5, 5.41) is 23.3. The van der Waals surface area contributed by atoms with Gasteiger partial charge < -0.3 is 10.4 Å². The van der Waals surface area contributed by atoms with Gasteiger partial charge in [0.1, 0.15) is 11.4 Å². The van der Waals surface area contributed by atoms with Crippen LogP contribution in [0.15, 0.2) is 12.3 Å². The minimum atomic E-state index is -1.06. The van der Waals surface area contributed by atoms with E-state index in [0.717, 1.165) is 19.3 Å². The molecule has 2 N–H and O–H groups in total. The van der Waals surface area contributed by atoms with Crippen LogP contribution in [0.3, 0.4) is 0 Å². The van der Waals surface area contributed by atoms with Crippen LogP contribution >= 0.6 is 0 Å². The van der Waals surface area contributed by atoms with Crippen molar-refractivity contribution in [3.8, 4) is 0 Å². The van der Waals surface area contributed by atoms with E-state index in [4.69, 9.17) is 0 Å². The van der Waals surface area contributed by atoms with Crippen molar-refractivity contribution in [2.45, 2.75) is 44.6 Å². The Morgan fingerprint density at radius 2 is 2.10 bits per heavy atom. The SMILES string of the molecule is Cc1cnc(NC2(C(=O)O)CCCCC2)cc1[N+](=O)[O-]. The minimum Gasteiger partial charge on any atom is -0.480 e. The Bertz CT molecular complexity index is 538. The number of pyridine rings is 1. The zero-order valence-corrected chi connectivity index (χ0v) is 11.3. The third-order valence-electron chi connectivity index (χ3n) is 3.76. The maximum Gasteiger partial charge on any atom is 0.329 e. The molecule has 1 fully saturated rings. The molecule has 0 amide bonds. The second-order valence-corrected chi connectivity index (χ2v) is 5.19. The van der Waals surface area contributed by atoms with Crippen LogP contribution < -0.4 is 5.32 Å². The summed E-state index contributed by atoms with van der Waals surface area (Å²) in [6.07, 6.45) is 5.06. The molecule has 2 rings (SSSR count). The third kappa shape index (κ3) is 2.71. The first-order valence-corrected chi connectivity index (χ1v) is 6.57. The molecule has 0 spiro atoms. The summed E-state index contributed by atoms with van der Waals surface area (Å²) >= 11 is 0. The summed E-state index contributed by atoms with van der Waals surface area (Å²) in [7, 11) is 0. The van der Waals surface area contributed by atoms with E-state index in [1.54, 1.807) is 6.92 Å². The van der Waals surface area contributed by atoms with Crippen LogP contribution in [-0.2, 0) is 4.79 Å². The van der Waals surface area contributed by atoms with Gasteiger partial charge in [0.05, 0.1) is 11.0 Å². The molecule has 0 atom stereocenters. The first-order chi connectivity index (χ1) is 9.44. The van der Waals surface area contributed by atoms with Crippen LogP contribution in [0.25, 0.3) is 0 Å². The molecular formula is C13H17N3O4. The first-order valence-electron chi connectivity index (χ1n) is 6.57. The fourth-order valence-electron chi connectivity index (χ4n) is 2.57. The van der Waals surface area contributed by atoms with Crippen molar-refractivity contribution >= 4 is 17.5 Å². The number of hydrogen-bond donors (Lipinski definition) is 2. The van der Waals surface area contributed by atoms with Gasteiger partial charge in [0.2, 0.25) is 0 Å². The summed E-state index contributed by atoms with van der Waals surface area (Å²) in [6.45, 7) is 1.60. The summed E-state index contributed by atoms with van der Waals surface area (Å²) in [4.78, 5) is 26.0. The lowest BCUT2D eigenvalue weighted by Gasteiger charge is -2.34. The predicted molar refractivity (Wildman–Crippen MR) is 72.7 cm³/mol. The Morgan fingerprint density at radius 1 is 1.45 bits per heavy atom. The van der Waals surface area contributed by atoms with Crippen molar-refractivity contribution in [2.24, 2.45) is 0 Å². The summed E-state index contributed by atoms with van der Waals surface area (Å²) in [5.74, 6) is -0.686. The van der Waals surface area contributed by atoms with Crippen LogP contribution in [0.1, 0.15) is 37.7 Å². The monoisotopic (exact) mass is 279 g/mol. The largest absolute Gasteiger partial charge is 0.480 e. The maximum atomic E-state index is 11.5. The highest BCUT2D eigenvalue weighted by molar-refractivity contribution is 5.82. The van der Waals surface area contributed by atoms with Gasteiger partial charge >= 0.3 is 5.97 Å². The molecule has 1 saturated carbocycles. The van der Waals surface area contributed by atoms with Gasteiger partial charge in [0, 0.05) is 11.8 Å². The number of carboxylic acid groups (broad SMARTS) is 1. The number of aliphatic carboxylic acids is 1. The second kappa shape index (κ2) is 5.44. The van der Waals surface area contributed by atoms with E-state index >= 15 is 0 Å². The van der Waals surface area contributed by atoms with Gasteiger partial charge in [-0.1, -0.05) is 19.3 Å². The van der Waals surface area contributed by atoms with Gasteiger partial charge in [0.15, 0.2) is 0 Å². The van der Waals surface area contributed by atoms with E-state index in [1.807, 2.05) is 0 Å². The first kappa shape index (κ1) is 14.2. The summed E-state index contributed by atoms with van der Waals surface area (Å²) < 4.78 is 0. The molecule has 0 radical (unpaired) electrons. The van der Waals surface area contributed by atoms with Gasteiger partial charge in [-0.05, 0) is 19.8 Å². The summed E-state index contributed by atoms with van der Waals surface area (Å²) in [6, 6.07) is 1.30. The molecule has 0 aromatic carbocycles. The quantitative estimate of drug-likeness (QED) is 0.648. The Kier molecular flexibility index (Phi) is 3.87. The average Bonchev–Trinajstić information content (AvgIpc) is 2.41. The molecular weight excluding hydrogens is 262 g/mol. The smallest absolute Gasteiger partial charge is 0.329 e. The van der Waals surface area contributed by atoms with Gasteiger partial charge in [-0.25, -0.2) is 9.78 Å². The molecule has 0 saturated heterocycles. The van der Waals surface area contributed by atoms with E-state index in [1.165, 1.54) is 12.3 Å². The fraction of sp³-hybridized carbons (Fsp3) is 0.538. The third-order valence-corrected chi connectivity index (χ3v) is 3.76. The van der Waals surface area contributed by atoms with E-state index < -0.39 is 16.4 Å². The van der Waals surface area contributed by atoms with Crippen LogP contribution in [0.5, 0.6) is 0 Å². The molecule has 7 nitrogen and oxygen atoms in total. The number of rotatable bonds is 4. The van der Waals surface area contributed by atoms with Crippen molar-refractivity contribution in [1.82, 2.24) is 4.98 Å². The average molecular weight is 279 g/mol. The maximum absolute atomic E-state index is 11.5. The molecule has 0 bridgehead atoms. The number of hydrogen-bond acceptors (Lipinski definition) is 5. The fourth-order valence-corrected chi connectivity index (χ4v) is 2.57. The van der Waals surface area contributed by atoms with Gasteiger partial charge in [0.25, 0.3) is 5.69 Å². The van der Waals surface area contributed by atoms with Crippen molar-refractivity contribution in [3.05, 3.63) is 27.9 Å². The topological polar surface area (TPSA) is 105 Å². The minimum absolute atomic E-state index is 0.0566. The zero-order valence-electron chi connectivity index (χ0n) is 11.3. The zero-order chi connectivity index (χ0) is 14.8. The molecule has 7 heteroatoms. The number of nitrogens with zero attached hydrogens (tertiary/aromatic N) is 2. The van der Waals surface area contributed by atoms with Crippen molar-refractivity contribution in [3.63, 3.8) is 0 Å². The number of carboxylic acids is 1. The highest BCUT2D eigenvalue weighted by Gasteiger charge is 2.40. The van der Waals surface area contributed by atoms with Crippen molar-refractivity contribution in [1.29, 1.82) is 0 Å². The van der Waals surface area contributed by atoms with E-state index in [2.05, 4.69) is 10.3 Å². The Morgan fingerprint density at radius 3 is 2.65 bits per heavy atom. The highest BCUT2D eigenvalue weighted by atomic mass is 16.6. The van der Waals surface area contributed by atoms with Crippen LogP contribution in [-0.4, -0.2) is 26.5 Å². The molecule has 1 heterocycles. The Hall–Kier alpha value is -2.18. The van der Waals surface area contributed by atoms with Crippen molar-refractivity contribution < 1.29 is 14.8 Å². The lowest BCUT2D eigenvalue weighted by molar-refractivity contribution is -0.385. The molecule has 0 aliphatic heterocycles. The predicted octanol–water partition coefficient (Wildman–Crippen LogP) is 2.50. The lowest BCUT2D eigenvalue weighted by Crippen LogP contribution is -2.48. The highest BCUT2D eigenvalue weighted by Crippen LogP contribution is 2.32. The van der Waals surface area contributed by atoms with Crippen LogP contribution in [0.2, 0.25) is 0 Å². The number of aromatic nitrogens is 1. The molecule has 1 aromatic heterocycles. The van der Waals surface area contributed by atoms with E-state index in [0.29, 0.717) is 18.4 Å². The Balaban J connectivity index is 2.29. The number of nitrogens with one attached hydrogen (secondary N) is 1. The van der Waals surface area contributed by atoms with Gasteiger partial charge in [-0.2, -0.15) is 0 Å². The standard InChI is InChI=1S/C13H17N3O4/c1-9-8-14-11(7-10(9)16(19)20)15-13(12(17)18)5-3-2-4-6-13/h7-8H,2-6H2,1H3,(H,14,15)(H,17,18). The second-order valence-electron chi connectivity index (χ2n) is 5.19.